The highest BCUT2D eigenvalue weighted by Gasteiger charge is 2.27. The fourth-order valence-electron chi connectivity index (χ4n) is 3.34. The number of ether oxygens (including phenoxy) is 4. The number of methoxy groups -OCH3 is 3. The fourth-order valence-corrected chi connectivity index (χ4v) is 3.34. The molecule has 0 saturated carbocycles. The zero-order valence-electron chi connectivity index (χ0n) is 17.4. The second-order valence-corrected chi connectivity index (χ2v) is 6.45. The van der Waals surface area contributed by atoms with Crippen LogP contribution in [0.15, 0.2) is 17.1 Å². The summed E-state index contributed by atoms with van der Waals surface area (Å²) in [6, 6.07) is 3.82. The van der Waals surface area contributed by atoms with E-state index in [2.05, 4.69) is 15.2 Å². The van der Waals surface area contributed by atoms with Crippen molar-refractivity contribution < 1.29 is 23.7 Å². The first kappa shape index (κ1) is 21.7. The molecule has 1 aromatic carbocycles. The number of carbonyl (C=O) groups is 1. The Labute approximate surface area is 166 Å². The standard InChI is InChI=1S/C20H31N3O5/c1-6-28-19(24)15-7-9-23(10-8-15)20(21-2)22-13-14-11-16(25-3)18(27-5)17(12-14)26-4/h11-12,15H,6-10,13H2,1-5H3,(H,21,22). The van der Waals surface area contributed by atoms with E-state index < -0.39 is 0 Å². The number of rotatable bonds is 7. The molecule has 1 aromatic rings. The Hall–Kier alpha value is -2.64. The lowest BCUT2D eigenvalue weighted by atomic mass is 9.97. The van der Waals surface area contributed by atoms with Crippen molar-refractivity contribution in [3.8, 4) is 17.2 Å². The van der Waals surface area contributed by atoms with E-state index in [4.69, 9.17) is 18.9 Å². The molecule has 156 valence electrons. The lowest BCUT2D eigenvalue weighted by molar-refractivity contribution is -0.149. The smallest absolute Gasteiger partial charge is 0.309 e. The second-order valence-electron chi connectivity index (χ2n) is 6.45. The maximum absolute atomic E-state index is 11.9. The number of carbonyl (C=O) groups excluding carboxylic acids is 1. The van der Waals surface area contributed by atoms with Crippen molar-refractivity contribution >= 4 is 11.9 Å². The Morgan fingerprint density at radius 3 is 2.21 bits per heavy atom. The summed E-state index contributed by atoms with van der Waals surface area (Å²) < 4.78 is 21.3. The number of hydrogen-bond acceptors (Lipinski definition) is 6. The fraction of sp³-hybridized carbons (Fsp3) is 0.600. The molecule has 1 fully saturated rings. The van der Waals surface area contributed by atoms with E-state index in [-0.39, 0.29) is 11.9 Å². The molecule has 1 aliphatic heterocycles. The van der Waals surface area contributed by atoms with E-state index in [1.54, 1.807) is 28.4 Å². The van der Waals surface area contributed by atoms with Gasteiger partial charge in [-0.05, 0) is 37.5 Å². The number of piperidine rings is 1. The lowest BCUT2D eigenvalue weighted by Gasteiger charge is -2.33. The van der Waals surface area contributed by atoms with Crippen molar-refractivity contribution in [3.63, 3.8) is 0 Å². The molecule has 8 nitrogen and oxygen atoms in total. The van der Waals surface area contributed by atoms with Crippen LogP contribution in [0.1, 0.15) is 25.3 Å². The lowest BCUT2D eigenvalue weighted by Crippen LogP contribution is -2.46. The molecule has 1 saturated heterocycles. The highest BCUT2D eigenvalue weighted by molar-refractivity contribution is 5.80. The maximum atomic E-state index is 11.9. The molecule has 0 atom stereocenters. The Kier molecular flexibility index (Phi) is 8.22. The van der Waals surface area contributed by atoms with Crippen LogP contribution in [-0.2, 0) is 16.1 Å². The van der Waals surface area contributed by atoms with Crippen molar-refractivity contribution in [1.82, 2.24) is 10.2 Å². The summed E-state index contributed by atoms with van der Waals surface area (Å²) in [7, 11) is 6.54. The summed E-state index contributed by atoms with van der Waals surface area (Å²) in [5, 5.41) is 3.37. The van der Waals surface area contributed by atoms with Crippen molar-refractivity contribution in [1.29, 1.82) is 0 Å². The number of guanidine groups is 1. The highest BCUT2D eigenvalue weighted by Crippen LogP contribution is 2.38. The van der Waals surface area contributed by atoms with Crippen LogP contribution >= 0.6 is 0 Å². The zero-order chi connectivity index (χ0) is 20.5. The molecule has 8 heteroatoms. The van der Waals surface area contributed by atoms with Crippen LogP contribution in [-0.4, -0.2) is 64.9 Å². The van der Waals surface area contributed by atoms with Gasteiger partial charge >= 0.3 is 5.97 Å². The Morgan fingerprint density at radius 2 is 1.75 bits per heavy atom. The van der Waals surface area contributed by atoms with E-state index in [0.717, 1.165) is 37.5 Å². The van der Waals surface area contributed by atoms with Crippen LogP contribution in [0.25, 0.3) is 0 Å². The van der Waals surface area contributed by atoms with Gasteiger partial charge in [0.25, 0.3) is 0 Å². The minimum absolute atomic E-state index is 0.0237. The average Bonchev–Trinajstić information content (AvgIpc) is 2.73. The minimum atomic E-state index is -0.0949. The zero-order valence-corrected chi connectivity index (χ0v) is 17.4. The van der Waals surface area contributed by atoms with Gasteiger partial charge in [0.2, 0.25) is 5.75 Å². The van der Waals surface area contributed by atoms with Gasteiger partial charge in [-0.2, -0.15) is 0 Å². The predicted octanol–water partition coefficient (Wildman–Crippen LogP) is 2.06. The van der Waals surface area contributed by atoms with Crippen LogP contribution in [0, 0.1) is 5.92 Å². The molecule has 0 radical (unpaired) electrons. The molecular formula is C20H31N3O5. The van der Waals surface area contributed by atoms with Crippen molar-refractivity contribution in [2.24, 2.45) is 10.9 Å². The van der Waals surface area contributed by atoms with Crippen molar-refractivity contribution in [3.05, 3.63) is 17.7 Å². The van der Waals surface area contributed by atoms with Gasteiger partial charge in [0.1, 0.15) is 0 Å². The third-order valence-corrected chi connectivity index (χ3v) is 4.80. The molecule has 0 amide bonds. The maximum Gasteiger partial charge on any atom is 0.309 e. The van der Waals surface area contributed by atoms with E-state index >= 15 is 0 Å². The third kappa shape index (κ3) is 5.21. The third-order valence-electron chi connectivity index (χ3n) is 4.80. The molecule has 1 heterocycles. The normalized spacial score (nSPS) is 15.2. The van der Waals surface area contributed by atoms with Gasteiger partial charge in [-0.1, -0.05) is 0 Å². The number of esters is 1. The molecule has 0 unspecified atom stereocenters. The summed E-state index contributed by atoms with van der Waals surface area (Å²) in [6.45, 7) is 4.34. The summed E-state index contributed by atoms with van der Waals surface area (Å²) >= 11 is 0. The first-order valence-electron chi connectivity index (χ1n) is 9.49. The van der Waals surface area contributed by atoms with Crippen LogP contribution in [0.4, 0.5) is 0 Å². The topological polar surface area (TPSA) is 81.6 Å². The average molecular weight is 393 g/mol. The summed E-state index contributed by atoms with van der Waals surface area (Å²) in [6.07, 6.45) is 1.54. The van der Waals surface area contributed by atoms with Gasteiger partial charge in [-0.25, -0.2) is 0 Å². The summed E-state index contributed by atoms with van der Waals surface area (Å²) in [5.74, 6) is 2.48. The van der Waals surface area contributed by atoms with Crippen LogP contribution < -0.4 is 19.5 Å². The van der Waals surface area contributed by atoms with E-state index in [1.807, 2.05) is 19.1 Å². The minimum Gasteiger partial charge on any atom is -0.493 e. The number of nitrogens with one attached hydrogen (secondary N) is 1. The first-order chi connectivity index (χ1) is 13.6. The molecule has 0 aliphatic carbocycles. The Morgan fingerprint density at radius 1 is 1.14 bits per heavy atom. The van der Waals surface area contributed by atoms with E-state index in [9.17, 15) is 4.79 Å². The highest BCUT2D eigenvalue weighted by atomic mass is 16.5. The van der Waals surface area contributed by atoms with Gasteiger partial charge in [-0.3, -0.25) is 9.79 Å². The Balaban J connectivity index is 1.99. The van der Waals surface area contributed by atoms with Crippen molar-refractivity contribution in [2.45, 2.75) is 26.3 Å². The van der Waals surface area contributed by atoms with Crippen molar-refractivity contribution in [2.75, 3.05) is 48.1 Å². The van der Waals surface area contributed by atoms with Crippen LogP contribution in [0.2, 0.25) is 0 Å². The van der Waals surface area contributed by atoms with Gasteiger partial charge in [0.15, 0.2) is 17.5 Å². The predicted molar refractivity (Wildman–Crippen MR) is 107 cm³/mol. The van der Waals surface area contributed by atoms with Gasteiger partial charge < -0.3 is 29.2 Å². The first-order valence-corrected chi connectivity index (χ1v) is 9.49. The molecule has 28 heavy (non-hydrogen) atoms. The van der Waals surface area contributed by atoms with Gasteiger partial charge in [-0.15, -0.1) is 0 Å². The molecule has 1 aliphatic rings. The molecule has 1 N–H and O–H groups in total. The Bertz CT molecular complexity index is 659. The largest absolute Gasteiger partial charge is 0.493 e. The number of nitrogens with zero attached hydrogens (tertiary/aromatic N) is 2. The molecule has 0 bridgehead atoms. The second kappa shape index (κ2) is 10.6. The monoisotopic (exact) mass is 393 g/mol. The quantitative estimate of drug-likeness (QED) is 0.431. The number of benzene rings is 1. The summed E-state index contributed by atoms with van der Waals surface area (Å²) in [5.41, 5.74) is 0.983. The van der Waals surface area contributed by atoms with Crippen LogP contribution in [0.5, 0.6) is 17.2 Å². The molecule has 0 spiro atoms. The number of hydrogen-bond donors (Lipinski definition) is 1. The number of likely N-dealkylation sites (tertiary alicyclic amines) is 1. The van der Waals surface area contributed by atoms with E-state index in [1.165, 1.54) is 0 Å². The number of aliphatic imine (C=N–C) groups is 1. The molecule has 2 rings (SSSR count). The summed E-state index contributed by atoms with van der Waals surface area (Å²) in [4.78, 5) is 18.4. The van der Waals surface area contributed by atoms with E-state index in [0.29, 0.717) is 30.4 Å². The van der Waals surface area contributed by atoms with Gasteiger partial charge in [0, 0.05) is 26.7 Å². The molecule has 0 aromatic heterocycles. The van der Waals surface area contributed by atoms with Crippen LogP contribution in [0.3, 0.4) is 0 Å². The van der Waals surface area contributed by atoms with Gasteiger partial charge in [0.05, 0.1) is 33.9 Å². The molecular weight excluding hydrogens is 362 g/mol. The SMILES string of the molecule is CCOC(=O)C1CCN(C(=NC)NCc2cc(OC)c(OC)c(OC)c2)CC1.